The van der Waals surface area contributed by atoms with Gasteiger partial charge in [0.2, 0.25) is 0 Å². The van der Waals surface area contributed by atoms with E-state index in [0.29, 0.717) is 17.4 Å². The Labute approximate surface area is 134 Å². The molecule has 2 aromatic heterocycles. The highest BCUT2D eigenvalue weighted by atomic mass is 16.3. The second-order valence-electron chi connectivity index (χ2n) is 5.91. The Morgan fingerprint density at radius 1 is 1.22 bits per heavy atom. The summed E-state index contributed by atoms with van der Waals surface area (Å²) in [7, 11) is 0. The maximum atomic E-state index is 12.6. The first kappa shape index (κ1) is 15.3. The molecule has 0 aliphatic rings. The van der Waals surface area contributed by atoms with Crippen LogP contribution in [-0.4, -0.2) is 21.1 Å². The molecule has 3 aromatic rings. The molecule has 0 aliphatic heterocycles. The standard InChI is InChI=1S/C17H20N4O2/c1-8-6-7-13-10(3)15(23-14(13)9(8)2)17(22)18-11(4)16-19-12(5)20-21-16/h6-7,11H,1-5H3,(H,18,22)(H,19,20,21). The van der Waals surface area contributed by atoms with E-state index in [2.05, 4.69) is 20.5 Å². The number of fused-ring (bicyclic) bond motifs is 1. The molecule has 1 unspecified atom stereocenters. The van der Waals surface area contributed by atoms with Gasteiger partial charge in [0.25, 0.3) is 5.91 Å². The molecule has 0 bridgehead atoms. The van der Waals surface area contributed by atoms with Gasteiger partial charge in [-0.3, -0.25) is 9.89 Å². The van der Waals surface area contributed by atoms with Crippen molar-refractivity contribution < 1.29 is 9.21 Å². The highest BCUT2D eigenvalue weighted by molar-refractivity contribution is 5.99. The Kier molecular flexibility index (Phi) is 3.67. The predicted molar refractivity (Wildman–Crippen MR) is 87.4 cm³/mol. The molecular weight excluding hydrogens is 292 g/mol. The van der Waals surface area contributed by atoms with Crippen LogP contribution in [0.1, 0.15) is 51.9 Å². The highest BCUT2D eigenvalue weighted by Gasteiger charge is 2.22. The molecule has 0 saturated heterocycles. The zero-order valence-corrected chi connectivity index (χ0v) is 13.9. The molecule has 6 nitrogen and oxygen atoms in total. The lowest BCUT2D eigenvalue weighted by Gasteiger charge is -2.09. The Bertz CT molecular complexity index is 892. The fraction of sp³-hybridized carbons (Fsp3) is 0.353. The molecule has 1 aromatic carbocycles. The van der Waals surface area contributed by atoms with Crippen LogP contribution in [0.5, 0.6) is 0 Å². The Morgan fingerprint density at radius 2 is 1.96 bits per heavy atom. The summed E-state index contributed by atoms with van der Waals surface area (Å²) in [5, 5.41) is 10.7. The lowest BCUT2D eigenvalue weighted by atomic mass is 10.0. The maximum Gasteiger partial charge on any atom is 0.287 e. The van der Waals surface area contributed by atoms with E-state index < -0.39 is 0 Å². The van der Waals surface area contributed by atoms with Crippen molar-refractivity contribution in [1.29, 1.82) is 0 Å². The topological polar surface area (TPSA) is 83.8 Å². The van der Waals surface area contributed by atoms with E-state index in [0.717, 1.165) is 27.7 Å². The third-order valence-corrected chi connectivity index (χ3v) is 4.18. The van der Waals surface area contributed by atoms with E-state index >= 15 is 0 Å². The number of aromatic nitrogens is 3. The highest BCUT2D eigenvalue weighted by Crippen LogP contribution is 2.29. The molecule has 120 valence electrons. The molecule has 6 heteroatoms. The van der Waals surface area contributed by atoms with E-state index in [1.807, 2.05) is 46.8 Å². The van der Waals surface area contributed by atoms with Gasteiger partial charge in [0.05, 0.1) is 6.04 Å². The number of carbonyl (C=O) groups excluding carboxylic acids is 1. The SMILES string of the molecule is Cc1nc(C(C)NC(=O)c2oc3c(C)c(C)ccc3c2C)n[nH]1. The number of furan rings is 1. The van der Waals surface area contributed by atoms with Gasteiger partial charge in [0.15, 0.2) is 11.6 Å². The van der Waals surface area contributed by atoms with Crippen LogP contribution in [0.15, 0.2) is 16.5 Å². The van der Waals surface area contributed by atoms with Crippen molar-refractivity contribution in [2.45, 2.75) is 40.7 Å². The van der Waals surface area contributed by atoms with Gasteiger partial charge in [-0.05, 0) is 45.7 Å². The third kappa shape index (κ3) is 2.60. The second kappa shape index (κ2) is 5.53. The van der Waals surface area contributed by atoms with Crippen molar-refractivity contribution in [2.75, 3.05) is 0 Å². The van der Waals surface area contributed by atoms with Gasteiger partial charge < -0.3 is 9.73 Å². The summed E-state index contributed by atoms with van der Waals surface area (Å²) in [5.41, 5.74) is 3.82. The average molecular weight is 312 g/mol. The fourth-order valence-corrected chi connectivity index (χ4v) is 2.61. The van der Waals surface area contributed by atoms with Crippen LogP contribution < -0.4 is 5.32 Å². The van der Waals surface area contributed by atoms with E-state index in [1.54, 1.807) is 0 Å². The van der Waals surface area contributed by atoms with Crippen LogP contribution in [-0.2, 0) is 0 Å². The van der Waals surface area contributed by atoms with Gasteiger partial charge in [-0.1, -0.05) is 12.1 Å². The fourth-order valence-electron chi connectivity index (χ4n) is 2.61. The average Bonchev–Trinajstić information content (AvgIpc) is 3.08. The zero-order valence-electron chi connectivity index (χ0n) is 13.9. The van der Waals surface area contributed by atoms with E-state index in [9.17, 15) is 4.79 Å². The van der Waals surface area contributed by atoms with Crippen molar-refractivity contribution in [3.8, 4) is 0 Å². The van der Waals surface area contributed by atoms with E-state index in [4.69, 9.17) is 4.42 Å². The Balaban J connectivity index is 1.92. The van der Waals surface area contributed by atoms with Crippen molar-refractivity contribution in [1.82, 2.24) is 20.5 Å². The summed E-state index contributed by atoms with van der Waals surface area (Å²) in [6.45, 7) is 9.59. The van der Waals surface area contributed by atoms with Gasteiger partial charge in [-0.15, -0.1) is 0 Å². The minimum atomic E-state index is -0.303. The molecule has 0 aliphatic carbocycles. The van der Waals surface area contributed by atoms with Crippen LogP contribution in [0.25, 0.3) is 11.0 Å². The van der Waals surface area contributed by atoms with E-state index in [1.165, 1.54) is 0 Å². The number of hydrogen-bond acceptors (Lipinski definition) is 4. The number of aryl methyl sites for hydroxylation is 4. The number of carbonyl (C=O) groups is 1. The number of rotatable bonds is 3. The van der Waals surface area contributed by atoms with Crippen LogP contribution in [0, 0.1) is 27.7 Å². The number of H-pyrrole nitrogens is 1. The second-order valence-corrected chi connectivity index (χ2v) is 5.91. The first-order chi connectivity index (χ1) is 10.9. The smallest absolute Gasteiger partial charge is 0.287 e. The number of benzene rings is 1. The molecular formula is C17H20N4O2. The number of hydrogen-bond donors (Lipinski definition) is 2. The lowest BCUT2D eigenvalue weighted by molar-refractivity contribution is 0.0911. The summed E-state index contributed by atoms with van der Waals surface area (Å²) in [5.74, 6) is 1.35. The Morgan fingerprint density at radius 3 is 2.61 bits per heavy atom. The summed E-state index contributed by atoms with van der Waals surface area (Å²) in [6, 6.07) is 3.74. The largest absolute Gasteiger partial charge is 0.450 e. The molecule has 0 spiro atoms. The van der Waals surface area contributed by atoms with Gasteiger partial charge in [-0.2, -0.15) is 5.10 Å². The first-order valence-corrected chi connectivity index (χ1v) is 7.57. The molecule has 0 fully saturated rings. The number of aromatic amines is 1. The van der Waals surface area contributed by atoms with Crippen LogP contribution >= 0.6 is 0 Å². The van der Waals surface area contributed by atoms with Crippen molar-refractivity contribution >= 4 is 16.9 Å². The normalized spacial score (nSPS) is 12.6. The molecule has 0 radical (unpaired) electrons. The third-order valence-electron chi connectivity index (χ3n) is 4.18. The predicted octanol–water partition coefficient (Wildman–Crippen LogP) is 3.28. The first-order valence-electron chi connectivity index (χ1n) is 7.57. The number of nitrogens with one attached hydrogen (secondary N) is 2. The van der Waals surface area contributed by atoms with Gasteiger partial charge in [-0.25, -0.2) is 4.98 Å². The van der Waals surface area contributed by atoms with E-state index in [-0.39, 0.29) is 11.9 Å². The van der Waals surface area contributed by atoms with Gasteiger partial charge in [0, 0.05) is 10.9 Å². The summed E-state index contributed by atoms with van der Waals surface area (Å²) >= 11 is 0. The zero-order chi connectivity index (χ0) is 16.7. The molecule has 3 rings (SSSR count). The quantitative estimate of drug-likeness (QED) is 0.777. The number of nitrogens with zero attached hydrogens (tertiary/aromatic N) is 2. The Hall–Kier alpha value is -2.63. The molecule has 2 heterocycles. The van der Waals surface area contributed by atoms with Crippen LogP contribution in [0.2, 0.25) is 0 Å². The van der Waals surface area contributed by atoms with Gasteiger partial charge in [0.1, 0.15) is 11.4 Å². The van der Waals surface area contributed by atoms with Crippen molar-refractivity contribution in [2.24, 2.45) is 0 Å². The maximum absolute atomic E-state index is 12.6. The van der Waals surface area contributed by atoms with Crippen LogP contribution in [0.3, 0.4) is 0 Å². The molecule has 0 saturated carbocycles. The summed E-state index contributed by atoms with van der Waals surface area (Å²) in [4.78, 5) is 16.8. The van der Waals surface area contributed by atoms with Gasteiger partial charge >= 0.3 is 0 Å². The van der Waals surface area contributed by atoms with Crippen molar-refractivity contribution in [3.63, 3.8) is 0 Å². The molecule has 2 N–H and O–H groups in total. The monoisotopic (exact) mass is 312 g/mol. The summed E-state index contributed by atoms with van der Waals surface area (Å²) < 4.78 is 5.85. The number of amides is 1. The lowest BCUT2D eigenvalue weighted by Crippen LogP contribution is -2.27. The minimum Gasteiger partial charge on any atom is -0.450 e. The van der Waals surface area contributed by atoms with Crippen LogP contribution in [0.4, 0.5) is 0 Å². The van der Waals surface area contributed by atoms with Crippen molar-refractivity contribution in [3.05, 3.63) is 46.2 Å². The molecule has 23 heavy (non-hydrogen) atoms. The summed E-state index contributed by atoms with van der Waals surface area (Å²) in [6.07, 6.45) is 0. The molecule has 1 atom stereocenters. The minimum absolute atomic E-state index is 0.259. The molecule has 1 amide bonds.